The Balaban J connectivity index is 1.43. The van der Waals surface area contributed by atoms with Crippen molar-refractivity contribution in [2.24, 2.45) is 0 Å². The molecule has 1 saturated heterocycles. The number of ether oxygens (including phenoxy) is 2. The molecule has 0 radical (unpaired) electrons. The lowest BCUT2D eigenvalue weighted by Gasteiger charge is -2.26. The Hall–Kier alpha value is -2.60. The average Bonchev–Trinajstić information content (AvgIpc) is 3.23. The molecule has 1 N–H and O–H groups in total. The molecule has 1 aromatic carbocycles. The quantitative estimate of drug-likeness (QED) is 0.432. The third kappa shape index (κ3) is 6.45. The lowest BCUT2D eigenvalue weighted by atomic mass is 10.2. The predicted octanol–water partition coefficient (Wildman–Crippen LogP) is 2.22. The van der Waals surface area contributed by atoms with Crippen LogP contribution in [0.3, 0.4) is 0 Å². The van der Waals surface area contributed by atoms with Gasteiger partial charge in [0.05, 0.1) is 29.4 Å². The second kappa shape index (κ2) is 10.8. The summed E-state index contributed by atoms with van der Waals surface area (Å²) < 4.78 is 36.6. The summed E-state index contributed by atoms with van der Waals surface area (Å²) in [5.41, 5.74) is 0.371. The van der Waals surface area contributed by atoms with E-state index in [-0.39, 0.29) is 23.5 Å². The number of nitrogens with one attached hydrogen (secondary N) is 1. The van der Waals surface area contributed by atoms with E-state index in [1.807, 2.05) is 13.0 Å². The third-order valence-electron chi connectivity index (χ3n) is 4.68. The van der Waals surface area contributed by atoms with Gasteiger partial charge in [-0.15, -0.1) is 11.3 Å². The number of hydrogen-bond acceptors (Lipinski definition) is 8. The van der Waals surface area contributed by atoms with Crippen LogP contribution in [0.4, 0.5) is 5.69 Å². The summed E-state index contributed by atoms with van der Waals surface area (Å²) in [6, 6.07) is 9.31. The number of aryl methyl sites for hydroxylation is 1. The van der Waals surface area contributed by atoms with Crippen molar-refractivity contribution in [1.82, 2.24) is 4.31 Å². The van der Waals surface area contributed by atoms with Gasteiger partial charge in [-0.25, -0.2) is 8.42 Å². The summed E-state index contributed by atoms with van der Waals surface area (Å²) in [5.74, 6) is -1.35. The lowest BCUT2D eigenvalue weighted by Crippen LogP contribution is -2.40. The molecule has 1 aromatic heterocycles. The van der Waals surface area contributed by atoms with E-state index in [0.29, 0.717) is 36.9 Å². The number of carbonyl (C=O) groups excluding carboxylic acids is 3. The van der Waals surface area contributed by atoms with Crippen LogP contribution in [0.25, 0.3) is 0 Å². The molecule has 1 fully saturated rings. The van der Waals surface area contributed by atoms with Gasteiger partial charge in [0.15, 0.2) is 12.4 Å². The lowest BCUT2D eigenvalue weighted by molar-refractivity contribution is -0.147. The van der Waals surface area contributed by atoms with Crippen LogP contribution in [-0.4, -0.2) is 63.3 Å². The first kappa shape index (κ1) is 24.1. The Morgan fingerprint density at radius 2 is 1.75 bits per heavy atom. The smallest absolute Gasteiger partial charge is 0.306 e. The molecule has 0 atom stereocenters. The topological polar surface area (TPSA) is 119 Å². The highest BCUT2D eigenvalue weighted by molar-refractivity contribution is 7.89. The fourth-order valence-corrected chi connectivity index (χ4v) is 5.23. The number of nitrogens with zero attached hydrogens (tertiary/aromatic N) is 1. The van der Waals surface area contributed by atoms with E-state index in [1.54, 1.807) is 6.07 Å². The minimum absolute atomic E-state index is 0.0134. The largest absolute Gasteiger partial charge is 0.456 e. The Kier molecular flexibility index (Phi) is 8.13. The summed E-state index contributed by atoms with van der Waals surface area (Å²) >= 11 is 1.37. The van der Waals surface area contributed by atoms with Crippen molar-refractivity contribution in [2.75, 3.05) is 38.2 Å². The van der Waals surface area contributed by atoms with Crippen molar-refractivity contribution < 1.29 is 32.3 Å². The number of amides is 1. The van der Waals surface area contributed by atoms with Crippen molar-refractivity contribution in [2.45, 2.75) is 24.7 Å². The predicted molar refractivity (Wildman–Crippen MR) is 118 cm³/mol. The van der Waals surface area contributed by atoms with Crippen LogP contribution in [0.5, 0.6) is 0 Å². The molecule has 32 heavy (non-hydrogen) atoms. The molecule has 11 heteroatoms. The molecule has 0 aliphatic carbocycles. The Morgan fingerprint density at radius 1 is 1.06 bits per heavy atom. The van der Waals surface area contributed by atoms with Gasteiger partial charge in [0, 0.05) is 30.1 Å². The fourth-order valence-electron chi connectivity index (χ4n) is 2.98. The highest BCUT2D eigenvalue weighted by Crippen LogP contribution is 2.20. The van der Waals surface area contributed by atoms with E-state index in [4.69, 9.17) is 9.47 Å². The van der Waals surface area contributed by atoms with Crippen LogP contribution < -0.4 is 5.32 Å². The molecule has 3 rings (SSSR count). The number of sulfonamides is 1. The summed E-state index contributed by atoms with van der Waals surface area (Å²) in [7, 11) is -3.62. The molecule has 0 bridgehead atoms. The molecule has 2 aromatic rings. The van der Waals surface area contributed by atoms with E-state index >= 15 is 0 Å². The number of rotatable bonds is 9. The van der Waals surface area contributed by atoms with Gasteiger partial charge in [0.1, 0.15) is 0 Å². The number of thiophene rings is 1. The first-order chi connectivity index (χ1) is 15.3. The summed E-state index contributed by atoms with van der Waals surface area (Å²) in [6.45, 7) is 2.70. The van der Waals surface area contributed by atoms with Crippen LogP contribution in [0.1, 0.15) is 27.4 Å². The maximum atomic E-state index is 12.6. The van der Waals surface area contributed by atoms with Gasteiger partial charge in [0.25, 0.3) is 5.91 Å². The number of Topliss-reactive ketones (excluding diaryl/α,β-unsaturated/α-hetero) is 1. The molecule has 1 aliphatic heterocycles. The van der Waals surface area contributed by atoms with Crippen LogP contribution in [0.15, 0.2) is 41.3 Å². The van der Waals surface area contributed by atoms with E-state index < -0.39 is 28.5 Å². The normalized spacial score (nSPS) is 14.7. The second-order valence-corrected chi connectivity index (χ2v) is 10.3. The van der Waals surface area contributed by atoms with Gasteiger partial charge in [0.2, 0.25) is 10.0 Å². The number of carbonyl (C=O) groups is 3. The number of anilines is 1. The minimum Gasteiger partial charge on any atom is -0.456 e. The summed E-state index contributed by atoms with van der Waals surface area (Å²) in [4.78, 5) is 37.6. The van der Waals surface area contributed by atoms with E-state index in [0.717, 1.165) is 4.88 Å². The van der Waals surface area contributed by atoms with Crippen molar-refractivity contribution >= 4 is 44.7 Å². The molecule has 0 saturated carbocycles. The molecule has 1 amide bonds. The first-order valence-corrected chi connectivity index (χ1v) is 12.2. The van der Waals surface area contributed by atoms with Gasteiger partial charge in [-0.2, -0.15) is 4.31 Å². The van der Waals surface area contributed by atoms with Crippen LogP contribution in [0, 0.1) is 6.92 Å². The van der Waals surface area contributed by atoms with Crippen LogP contribution in [-0.2, 0) is 29.1 Å². The maximum absolute atomic E-state index is 12.6. The average molecular weight is 481 g/mol. The zero-order valence-electron chi connectivity index (χ0n) is 17.5. The van der Waals surface area contributed by atoms with Gasteiger partial charge in [-0.3, -0.25) is 14.4 Å². The Bertz CT molecular complexity index is 1070. The number of morpholine rings is 1. The molecular formula is C21H24N2O7S2. The van der Waals surface area contributed by atoms with Gasteiger partial charge in [-0.05, 0) is 43.3 Å². The zero-order valence-corrected chi connectivity index (χ0v) is 19.2. The molecule has 0 spiro atoms. The zero-order chi connectivity index (χ0) is 23.1. The molecular weight excluding hydrogens is 456 g/mol. The number of benzene rings is 1. The summed E-state index contributed by atoms with van der Waals surface area (Å²) in [5, 5.41) is 2.54. The van der Waals surface area contributed by atoms with E-state index in [9.17, 15) is 22.8 Å². The van der Waals surface area contributed by atoms with Gasteiger partial charge >= 0.3 is 5.97 Å². The Morgan fingerprint density at radius 3 is 2.38 bits per heavy atom. The van der Waals surface area contributed by atoms with Crippen molar-refractivity contribution in [3.05, 3.63) is 46.2 Å². The number of esters is 1. The number of hydrogen-bond donors (Lipinski definition) is 1. The maximum Gasteiger partial charge on any atom is 0.306 e. The third-order valence-corrected chi connectivity index (χ3v) is 7.64. The molecule has 2 heterocycles. The van der Waals surface area contributed by atoms with Crippen molar-refractivity contribution in [3.63, 3.8) is 0 Å². The van der Waals surface area contributed by atoms with E-state index in [1.165, 1.54) is 39.9 Å². The SMILES string of the molecule is Cc1ccc(C(=O)CCC(=O)OCC(=O)Nc2ccc(S(=O)(=O)N3CCOCC3)cc2)s1. The highest BCUT2D eigenvalue weighted by atomic mass is 32.2. The van der Waals surface area contributed by atoms with Crippen LogP contribution in [0.2, 0.25) is 0 Å². The monoisotopic (exact) mass is 480 g/mol. The second-order valence-electron chi connectivity index (χ2n) is 7.08. The van der Waals surface area contributed by atoms with Gasteiger partial charge < -0.3 is 14.8 Å². The fraction of sp³-hybridized carbons (Fsp3) is 0.381. The summed E-state index contributed by atoms with van der Waals surface area (Å²) in [6.07, 6.45) is -0.101. The Labute approximate surface area is 190 Å². The number of ketones is 1. The van der Waals surface area contributed by atoms with Crippen LogP contribution >= 0.6 is 11.3 Å². The van der Waals surface area contributed by atoms with Crippen molar-refractivity contribution in [1.29, 1.82) is 0 Å². The molecule has 1 aliphatic rings. The molecule has 9 nitrogen and oxygen atoms in total. The van der Waals surface area contributed by atoms with Crippen molar-refractivity contribution in [3.8, 4) is 0 Å². The first-order valence-electron chi connectivity index (χ1n) is 9.99. The standard InChI is InChI=1S/C21H24N2O7S2/c1-15-2-8-19(31-15)18(24)7-9-21(26)30-14-20(25)22-16-3-5-17(6-4-16)32(27,28)23-10-12-29-13-11-23/h2-6,8H,7,9-14H2,1H3,(H,22,25). The van der Waals surface area contributed by atoms with E-state index in [2.05, 4.69) is 5.32 Å². The highest BCUT2D eigenvalue weighted by Gasteiger charge is 2.26. The minimum atomic E-state index is -3.62. The molecule has 0 unspecified atom stereocenters. The molecule has 172 valence electrons. The van der Waals surface area contributed by atoms with Gasteiger partial charge in [-0.1, -0.05) is 0 Å².